The number of benzene rings is 2. The number of rotatable bonds is 8. The zero-order valence-electron chi connectivity index (χ0n) is 20.0. The zero-order valence-corrected chi connectivity index (χ0v) is 21.5. The van der Waals surface area contributed by atoms with Crippen molar-refractivity contribution in [2.24, 2.45) is 5.92 Å². The Bertz CT molecular complexity index is 1320. The van der Waals surface area contributed by atoms with Crippen molar-refractivity contribution in [3.05, 3.63) is 74.3 Å². The Morgan fingerprint density at radius 3 is 2.67 bits per heavy atom. The fraction of sp³-hybridized carbons (Fsp3) is 0.385. The van der Waals surface area contributed by atoms with E-state index in [4.69, 9.17) is 16.3 Å². The largest absolute Gasteiger partial charge is 0.489 e. The van der Waals surface area contributed by atoms with Gasteiger partial charge in [-0.1, -0.05) is 37.6 Å². The number of nitrogens with one attached hydrogen (secondary N) is 1. The van der Waals surface area contributed by atoms with Crippen molar-refractivity contribution in [2.75, 3.05) is 19.7 Å². The van der Waals surface area contributed by atoms with E-state index in [-0.39, 0.29) is 47.9 Å². The molecule has 2 heterocycles. The molecule has 0 bridgehead atoms. The quantitative estimate of drug-likeness (QED) is 0.392. The summed E-state index contributed by atoms with van der Waals surface area (Å²) in [5.74, 6) is -1.48. The second-order valence-electron chi connectivity index (χ2n) is 9.18. The third-order valence-corrected chi connectivity index (χ3v) is 6.77. The minimum atomic E-state index is -1.36. The molecule has 0 unspecified atom stereocenters. The number of hydrogen-bond donors (Lipinski definition) is 3. The first-order valence-corrected chi connectivity index (χ1v) is 11.9. The molecule has 0 aliphatic carbocycles. The molecule has 0 radical (unpaired) electrons. The van der Waals surface area contributed by atoms with Crippen molar-refractivity contribution in [1.29, 1.82) is 0 Å². The van der Waals surface area contributed by atoms with Crippen LogP contribution in [0.2, 0.25) is 5.02 Å². The molecule has 7 nitrogen and oxygen atoms in total. The first kappa shape index (κ1) is 27.9. The van der Waals surface area contributed by atoms with E-state index in [0.717, 1.165) is 13.0 Å². The number of ether oxygens (including phenoxy) is 1. The Morgan fingerprint density at radius 2 is 2.06 bits per heavy atom. The van der Waals surface area contributed by atoms with E-state index in [1.54, 1.807) is 28.8 Å². The van der Waals surface area contributed by atoms with Gasteiger partial charge in [-0.05, 0) is 42.1 Å². The standard InChI is InChI=1S/C26H28ClFN2O5.ClH/c1-14(2)22(13-31)30-12-19(26(33)34)25(32)18-9-16(8-15-4-3-5-20(27)24(15)28)23(10-21(18)30)35-17-6-7-29-11-17;/h3-5,9-10,12,14,17,22,29,31H,6-8,11,13H2,1-2H3,(H,33,34);1H/t17-,22-;/m1./s1. The van der Waals surface area contributed by atoms with E-state index >= 15 is 0 Å². The highest BCUT2D eigenvalue weighted by Crippen LogP contribution is 2.32. The SMILES string of the molecule is CC(C)[C@@H](CO)n1cc(C(=O)O)c(=O)c2cc(Cc3cccc(Cl)c3F)c(O[C@@H]3CCNC3)cc21.Cl. The summed E-state index contributed by atoms with van der Waals surface area (Å²) in [6.07, 6.45) is 2.07. The van der Waals surface area contributed by atoms with E-state index in [9.17, 15) is 24.2 Å². The Morgan fingerprint density at radius 1 is 1.31 bits per heavy atom. The highest BCUT2D eigenvalue weighted by molar-refractivity contribution is 6.30. The monoisotopic (exact) mass is 538 g/mol. The smallest absolute Gasteiger partial charge is 0.341 e. The van der Waals surface area contributed by atoms with Crippen LogP contribution in [0, 0.1) is 11.7 Å². The molecule has 1 aliphatic rings. The molecule has 4 rings (SSSR count). The van der Waals surface area contributed by atoms with Crippen LogP contribution in [0.15, 0.2) is 41.3 Å². The molecular formula is C26H29Cl2FN2O5. The number of hydrogen-bond acceptors (Lipinski definition) is 5. The van der Waals surface area contributed by atoms with Crippen molar-refractivity contribution in [3.63, 3.8) is 0 Å². The summed E-state index contributed by atoms with van der Waals surface area (Å²) in [5, 5.41) is 23.2. The number of aromatic nitrogens is 1. The molecule has 0 spiro atoms. The molecule has 0 amide bonds. The second-order valence-corrected chi connectivity index (χ2v) is 9.58. The number of aliphatic hydroxyl groups is 1. The minimum absolute atomic E-state index is 0. The molecule has 1 aromatic heterocycles. The average Bonchev–Trinajstić information content (AvgIpc) is 3.32. The summed E-state index contributed by atoms with van der Waals surface area (Å²) in [6.45, 7) is 5.03. The zero-order chi connectivity index (χ0) is 25.3. The van der Waals surface area contributed by atoms with Crippen LogP contribution in [0.25, 0.3) is 10.9 Å². The molecule has 0 saturated carbocycles. The maximum Gasteiger partial charge on any atom is 0.341 e. The van der Waals surface area contributed by atoms with Crippen LogP contribution in [-0.4, -0.2) is 46.5 Å². The van der Waals surface area contributed by atoms with E-state index in [0.29, 0.717) is 28.9 Å². The predicted molar refractivity (Wildman–Crippen MR) is 139 cm³/mol. The van der Waals surface area contributed by atoms with Crippen molar-refractivity contribution in [2.45, 2.75) is 38.8 Å². The predicted octanol–water partition coefficient (Wildman–Crippen LogP) is 4.43. The van der Waals surface area contributed by atoms with Gasteiger partial charge >= 0.3 is 5.97 Å². The van der Waals surface area contributed by atoms with Crippen molar-refractivity contribution < 1.29 is 24.1 Å². The Kier molecular flexibility index (Phi) is 9.00. The third kappa shape index (κ3) is 5.52. The van der Waals surface area contributed by atoms with Gasteiger partial charge in [0, 0.05) is 30.6 Å². The number of carboxylic acid groups (broad SMARTS) is 1. The van der Waals surface area contributed by atoms with E-state index in [1.165, 1.54) is 12.3 Å². The van der Waals surface area contributed by atoms with Gasteiger partial charge in [0.25, 0.3) is 0 Å². The molecule has 3 aromatic rings. The van der Waals surface area contributed by atoms with Crippen molar-refractivity contribution in [3.8, 4) is 5.75 Å². The van der Waals surface area contributed by atoms with Crippen LogP contribution in [0.1, 0.15) is 47.8 Å². The molecule has 36 heavy (non-hydrogen) atoms. The number of aromatic carboxylic acids is 1. The molecule has 2 aromatic carbocycles. The van der Waals surface area contributed by atoms with Crippen molar-refractivity contribution in [1.82, 2.24) is 9.88 Å². The van der Waals surface area contributed by atoms with Gasteiger partial charge < -0.3 is 24.8 Å². The molecular weight excluding hydrogens is 510 g/mol. The Hall–Kier alpha value is -2.65. The van der Waals surface area contributed by atoms with Gasteiger partial charge in [0.2, 0.25) is 5.43 Å². The second kappa shape index (κ2) is 11.6. The lowest BCUT2D eigenvalue weighted by molar-refractivity contribution is 0.0694. The molecule has 10 heteroatoms. The lowest BCUT2D eigenvalue weighted by Gasteiger charge is -2.26. The van der Waals surface area contributed by atoms with Crippen LogP contribution >= 0.6 is 24.0 Å². The number of halogens is 3. The van der Waals surface area contributed by atoms with E-state index in [2.05, 4.69) is 5.32 Å². The number of carboxylic acids is 1. The Labute approximate surface area is 219 Å². The van der Waals surface area contributed by atoms with Crippen LogP contribution in [-0.2, 0) is 6.42 Å². The lowest BCUT2D eigenvalue weighted by Crippen LogP contribution is -2.26. The highest BCUT2D eigenvalue weighted by Gasteiger charge is 2.25. The van der Waals surface area contributed by atoms with Gasteiger partial charge in [0.15, 0.2) is 0 Å². The maximum atomic E-state index is 14.7. The summed E-state index contributed by atoms with van der Waals surface area (Å²) in [5.41, 5.74) is 0.276. The van der Waals surface area contributed by atoms with Crippen LogP contribution in [0.4, 0.5) is 4.39 Å². The summed E-state index contributed by atoms with van der Waals surface area (Å²) in [4.78, 5) is 25.1. The van der Waals surface area contributed by atoms with Gasteiger partial charge in [0.1, 0.15) is 23.2 Å². The van der Waals surface area contributed by atoms with Gasteiger partial charge in [-0.2, -0.15) is 0 Å². The first-order chi connectivity index (χ1) is 16.7. The van der Waals surface area contributed by atoms with Gasteiger partial charge in [0.05, 0.1) is 23.2 Å². The highest BCUT2D eigenvalue weighted by atomic mass is 35.5. The number of nitrogens with zero attached hydrogens (tertiary/aromatic N) is 1. The minimum Gasteiger partial charge on any atom is -0.489 e. The van der Waals surface area contributed by atoms with Gasteiger partial charge in [-0.25, -0.2) is 9.18 Å². The van der Waals surface area contributed by atoms with Crippen molar-refractivity contribution >= 4 is 40.9 Å². The van der Waals surface area contributed by atoms with Crippen LogP contribution in [0.5, 0.6) is 5.75 Å². The molecule has 1 aliphatic heterocycles. The number of aliphatic hydroxyl groups excluding tert-OH is 1. The fourth-order valence-corrected chi connectivity index (χ4v) is 4.71. The topological polar surface area (TPSA) is 101 Å². The molecule has 194 valence electrons. The maximum absolute atomic E-state index is 14.7. The summed E-state index contributed by atoms with van der Waals surface area (Å²) < 4.78 is 22.7. The summed E-state index contributed by atoms with van der Waals surface area (Å²) in [7, 11) is 0. The van der Waals surface area contributed by atoms with E-state index < -0.39 is 28.8 Å². The van der Waals surface area contributed by atoms with Gasteiger partial charge in [-0.15, -0.1) is 12.4 Å². The molecule has 1 saturated heterocycles. The molecule has 2 atom stereocenters. The average molecular weight is 539 g/mol. The van der Waals surface area contributed by atoms with E-state index in [1.807, 2.05) is 13.8 Å². The third-order valence-electron chi connectivity index (χ3n) is 6.48. The number of fused-ring (bicyclic) bond motifs is 1. The molecule has 3 N–H and O–H groups in total. The van der Waals surface area contributed by atoms with Crippen LogP contribution in [0.3, 0.4) is 0 Å². The first-order valence-electron chi connectivity index (χ1n) is 11.6. The lowest BCUT2D eigenvalue weighted by atomic mass is 9.98. The van der Waals surface area contributed by atoms with Crippen LogP contribution < -0.4 is 15.5 Å². The summed E-state index contributed by atoms with van der Waals surface area (Å²) >= 11 is 5.98. The fourth-order valence-electron chi connectivity index (χ4n) is 4.51. The normalized spacial score (nSPS) is 16.2. The molecule has 1 fully saturated rings. The Balaban J connectivity index is 0.00000361. The summed E-state index contributed by atoms with van der Waals surface area (Å²) in [6, 6.07) is 7.53. The van der Waals surface area contributed by atoms with Gasteiger partial charge in [-0.3, -0.25) is 4.79 Å². The number of pyridine rings is 1. The number of carbonyl (C=O) groups is 1.